The van der Waals surface area contributed by atoms with Gasteiger partial charge in [-0.1, -0.05) is 30.3 Å². The van der Waals surface area contributed by atoms with Crippen LogP contribution in [0.1, 0.15) is 31.4 Å². The zero-order valence-corrected chi connectivity index (χ0v) is 19.6. The predicted molar refractivity (Wildman–Crippen MR) is 138 cm³/mol. The Morgan fingerprint density at radius 2 is 1.57 bits per heavy atom. The van der Waals surface area contributed by atoms with Gasteiger partial charge in [0.15, 0.2) is 11.5 Å². The molecule has 5 heterocycles. The van der Waals surface area contributed by atoms with Gasteiger partial charge in [0.25, 0.3) is 0 Å². The number of benzene rings is 2. The van der Waals surface area contributed by atoms with Crippen molar-refractivity contribution in [1.82, 2.24) is 14.9 Å². The van der Waals surface area contributed by atoms with Crippen molar-refractivity contribution < 1.29 is 4.74 Å². The van der Waals surface area contributed by atoms with E-state index < -0.39 is 0 Å². The third kappa shape index (κ3) is 3.67. The average Bonchev–Trinajstić information content (AvgIpc) is 3.14. The SMILES string of the molecule is c1ccc(CN2[C@@H]3CC[C@H]2C[C@H](N2c4ccccc4Oc4cc(-c5cccnc5)ccc42)C3)nc1. The van der Waals surface area contributed by atoms with Crippen molar-refractivity contribution in [1.29, 1.82) is 0 Å². The first-order valence-electron chi connectivity index (χ1n) is 12.6. The minimum Gasteiger partial charge on any atom is -0.453 e. The van der Waals surface area contributed by atoms with Crippen molar-refractivity contribution in [3.63, 3.8) is 0 Å². The van der Waals surface area contributed by atoms with Gasteiger partial charge in [-0.05, 0) is 73.7 Å². The Labute approximate surface area is 206 Å². The van der Waals surface area contributed by atoms with Crippen LogP contribution in [0, 0.1) is 0 Å². The van der Waals surface area contributed by atoms with E-state index in [1.54, 1.807) is 0 Å². The van der Waals surface area contributed by atoms with Gasteiger partial charge in [-0.3, -0.25) is 14.9 Å². The third-order valence-electron chi connectivity index (χ3n) is 7.85. The molecule has 2 aromatic heterocycles. The van der Waals surface area contributed by atoms with Crippen LogP contribution in [0.3, 0.4) is 0 Å². The number of fused-ring (bicyclic) bond motifs is 4. The monoisotopic (exact) mass is 460 g/mol. The number of hydrogen-bond donors (Lipinski definition) is 0. The lowest BCUT2D eigenvalue weighted by molar-refractivity contribution is 0.118. The Kier molecular flexibility index (Phi) is 5.02. The zero-order valence-electron chi connectivity index (χ0n) is 19.6. The molecule has 35 heavy (non-hydrogen) atoms. The summed E-state index contributed by atoms with van der Waals surface area (Å²) in [6.45, 7) is 0.952. The second kappa shape index (κ2) is 8.51. The smallest absolute Gasteiger partial charge is 0.151 e. The molecule has 3 aliphatic heterocycles. The molecule has 7 rings (SSSR count). The van der Waals surface area contributed by atoms with Crippen molar-refractivity contribution in [3.8, 4) is 22.6 Å². The van der Waals surface area contributed by atoms with Crippen LogP contribution < -0.4 is 9.64 Å². The van der Waals surface area contributed by atoms with Gasteiger partial charge in [-0.2, -0.15) is 0 Å². The van der Waals surface area contributed by atoms with E-state index >= 15 is 0 Å². The number of rotatable bonds is 4. The Bertz CT molecular complexity index is 1330. The number of aromatic nitrogens is 2. The molecule has 0 amide bonds. The summed E-state index contributed by atoms with van der Waals surface area (Å²) in [6, 6.07) is 27.0. The quantitative estimate of drug-likeness (QED) is 0.344. The highest BCUT2D eigenvalue weighted by Crippen LogP contribution is 2.51. The molecule has 0 unspecified atom stereocenters. The summed E-state index contributed by atoms with van der Waals surface area (Å²) in [5, 5.41) is 0. The minimum absolute atomic E-state index is 0.445. The molecule has 0 saturated carbocycles. The first kappa shape index (κ1) is 20.7. The average molecular weight is 461 g/mol. The summed E-state index contributed by atoms with van der Waals surface area (Å²) in [4.78, 5) is 14.2. The largest absolute Gasteiger partial charge is 0.453 e. The van der Waals surface area contributed by atoms with Crippen molar-refractivity contribution in [2.75, 3.05) is 4.90 Å². The number of pyridine rings is 2. The summed E-state index contributed by atoms with van der Waals surface area (Å²) in [5.74, 6) is 1.86. The molecule has 174 valence electrons. The van der Waals surface area contributed by atoms with E-state index in [1.807, 2.05) is 30.7 Å². The maximum Gasteiger partial charge on any atom is 0.151 e. The molecule has 5 nitrogen and oxygen atoms in total. The standard InChI is InChI=1S/C30H28N4O/c1-2-9-29-27(8-1)34(28-13-10-21(16-30(28)35-29)22-6-5-14-31-19-22)26-17-24-11-12-25(18-26)33(24)20-23-7-3-4-15-32-23/h1-10,13-16,19,24-26H,11-12,17-18,20H2/t24-,25+,26-. The molecule has 3 atom stereocenters. The minimum atomic E-state index is 0.445. The predicted octanol–water partition coefficient (Wildman–Crippen LogP) is 6.58. The van der Waals surface area contributed by atoms with E-state index in [4.69, 9.17) is 4.74 Å². The number of anilines is 2. The second-order valence-electron chi connectivity index (χ2n) is 9.87. The van der Waals surface area contributed by atoms with E-state index in [0.29, 0.717) is 18.1 Å². The molecular formula is C30H28N4O. The molecule has 0 spiro atoms. The third-order valence-corrected chi connectivity index (χ3v) is 7.85. The summed E-state index contributed by atoms with van der Waals surface area (Å²) >= 11 is 0. The van der Waals surface area contributed by atoms with Gasteiger partial charge >= 0.3 is 0 Å². The Morgan fingerprint density at radius 3 is 2.37 bits per heavy atom. The molecule has 0 aliphatic carbocycles. The first-order valence-corrected chi connectivity index (χ1v) is 12.6. The highest BCUT2D eigenvalue weighted by Gasteiger charge is 2.44. The van der Waals surface area contributed by atoms with Gasteiger partial charge in [0.05, 0.1) is 17.1 Å². The van der Waals surface area contributed by atoms with Crippen LogP contribution in [0.15, 0.2) is 91.4 Å². The van der Waals surface area contributed by atoms with E-state index in [1.165, 1.54) is 29.9 Å². The second-order valence-corrected chi connectivity index (χ2v) is 9.87. The summed E-state index contributed by atoms with van der Waals surface area (Å²) < 4.78 is 6.45. The lowest BCUT2D eigenvalue weighted by atomic mass is 9.93. The number of ether oxygens (including phenoxy) is 1. The van der Waals surface area contributed by atoms with E-state index in [-0.39, 0.29) is 0 Å². The maximum absolute atomic E-state index is 6.45. The molecule has 5 heteroatoms. The van der Waals surface area contributed by atoms with Crippen LogP contribution in [-0.2, 0) is 6.54 Å². The fourth-order valence-corrected chi connectivity index (χ4v) is 6.29. The summed E-state index contributed by atoms with van der Waals surface area (Å²) in [7, 11) is 0. The van der Waals surface area contributed by atoms with Crippen LogP contribution in [0.25, 0.3) is 11.1 Å². The highest BCUT2D eigenvalue weighted by atomic mass is 16.5. The van der Waals surface area contributed by atoms with Gasteiger partial charge in [-0.25, -0.2) is 0 Å². The number of piperidine rings is 1. The fourth-order valence-electron chi connectivity index (χ4n) is 6.29. The van der Waals surface area contributed by atoms with Gasteiger partial charge in [0.2, 0.25) is 0 Å². The molecule has 0 N–H and O–H groups in total. The van der Waals surface area contributed by atoms with Crippen LogP contribution in [-0.4, -0.2) is 33.0 Å². The summed E-state index contributed by atoms with van der Waals surface area (Å²) in [6.07, 6.45) is 10.5. The van der Waals surface area contributed by atoms with Crippen LogP contribution in [0.4, 0.5) is 11.4 Å². The topological polar surface area (TPSA) is 41.5 Å². The van der Waals surface area contributed by atoms with E-state index in [2.05, 4.69) is 80.4 Å². The van der Waals surface area contributed by atoms with Crippen LogP contribution in [0.5, 0.6) is 11.5 Å². The van der Waals surface area contributed by atoms with Crippen LogP contribution >= 0.6 is 0 Å². The van der Waals surface area contributed by atoms with Crippen molar-refractivity contribution >= 4 is 11.4 Å². The Hall–Kier alpha value is -3.70. The van der Waals surface area contributed by atoms with Gasteiger partial charge < -0.3 is 9.64 Å². The maximum atomic E-state index is 6.45. The number of nitrogens with zero attached hydrogens (tertiary/aromatic N) is 4. The van der Waals surface area contributed by atoms with Gasteiger partial charge in [0, 0.05) is 48.8 Å². The van der Waals surface area contributed by atoms with Crippen molar-refractivity contribution in [2.24, 2.45) is 0 Å². The molecule has 2 saturated heterocycles. The molecular weight excluding hydrogens is 432 g/mol. The lowest BCUT2D eigenvalue weighted by Crippen LogP contribution is -2.49. The van der Waals surface area contributed by atoms with E-state index in [0.717, 1.165) is 42.0 Å². The number of para-hydroxylation sites is 2. The van der Waals surface area contributed by atoms with Gasteiger partial charge in [-0.15, -0.1) is 0 Å². The molecule has 2 aromatic carbocycles. The molecule has 3 aliphatic rings. The van der Waals surface area contributed by atoms with Crippen LogP contribution in [0.2, 0.25) is 0 Å². The summed E-state index contributed by atoms with van der Waals surface area (Å²) in [5.41, 5.74) is 5.75. The Morgan fingerprint density at radius 1 is 0.743 bits per heavy atom. The molecule has 2 fully saturated rings. The lowest BCUT2D eigenvalue weighted by Gasteiger charge is -2.46. The normalized spacial score (nSPS) is 22.9. The van der Waals surface area contributed by atoms with Gasteiger partial charge in [0.1, 0.15) is 0 Å². The van der Waals surface area contributed by atoms with Crippen molar-refractivity contribution in [2.45, 2.75) is 50.4 Å². The highest BCUT2D eigenvalue weighted by molar-refractivity contribution is 5.81. The first-order chi connectivity index (χ1) is 17.3. The van der Waals surface area contributed by atoms with Crippen molar-refractivity contribution in [3.05, 3.63) is 97.1 Å². The zero-order chi connectivity index (χ0) is 23.2. The molecule has 2 bridgehead atoms. The molecule has 0 radical (unpaired) electrons. The number of hydrogen-bond acceptors (Lipinski definition) is 5. The molecule has 4 aromatic rings. The Balaban J connectivity index is 1.22. The fraction of sp³-hybridized carbons (Fsp3) is 0.267. The van der Waals surface area contributed by atoms with E-state index in [9.17, 15) is 0 Å².